The van der Waals surface area contributed by atoms with Crippen molar-refractivity contribution >= 4 is 33.3 Å². The zero-order chi connectivity index (χ0) is 20.5. The van der Waals surface area contributed by atoms with Gasteiger partial charge in [0.15, 0.2) is 5.82 Å². The summed E-state index contributed by atoms with van der Waals surface area (Å²) in [6, 6.07) is 10.5. The molecular formula is C20H18N8O2. The number of anilines is 1. The van der Waals surface area contributed by atoms with E-state index in [0.717, 1.165) is 41.7 Å². The Balaban J connectivity index is 1.37. The molecule has 2 aromatic carbocycles. The normalized spacial score (nSPS) is 11.3. The lowest BCUT2D eigenvalue weighted by atomic mass is 10.2. The van der Waals surface area contributed by atoms with E-state index in [2.05, 4.69) is 30.5 Å². The molecule has 5 aromatic rings. The first-order valence-corrected chi connectivity index (χ1v) is 9.50. The number of rotatable bonds is 7. The Hall–Kier alpha value is -4.21. The third kappa shape index (κ3) is 3.34. The topological polar surface area (TPSA) is 130 Å². The number of fused-ring (bicyclic) bond motifs is 2. The van der Waals surface area contributed by atoms with E-state index < -0.39 is 4.92 Å². The quantitative estimate of drug-likeness (QED) is 0.216. The molecule has 0 aliphatic rings. The van der Waals surface area contributed by atoms with Crippen molar-refractivity contribution < 1.29 is 4.92 Å². The molecule has 0 saturated carbocycles. The van der Waals surface area contributed by atoms with E-state index in [-0.39, 0.29) is 5.69 Å². The van der Waals surface area contributed by atoms with Crippen LogP contribution in [0.5, 0.6) is 0 Å². The zero-order valence-corrected chi connectivity index (χ0v) is 15.9. The predicted octanol–water partition coefficient (Wildman–Crippen LogP) is 3.71. The summed E-state index contributed by atoms with van der Waals surface area (Å²) < 4.78 is 2.05. The average Bonchev–Trinajstić information content (AvgIpc) is 3.49. The lowest BCUT2D eigenvalue weighted by molar-refractivity contribution is -0.384. The molecule has 5 rings (SSSR count). The number of aryl methyl sites for hydroxylation is 1. The molecule has 0 radical (unpaired) electrons. The summed E-state index contributed by atoms with van der Waals surface area (Å²) in [4.78, 5) is 22.6. The van der Waals surface area contributed by atoms with E-state index >= 15 is 0 Å². The highest BCUT2D eigenvalue weighted by molar-refractivity contribution is 5.94. The average molecular weight is 402 g/mol. The van der Waals surface area contributed by atoms with Crippen LogP contribution in [0.2, 0.25) is 0 Å². The van der Waals surface area contributed by atoms with Crippen molar-refractivity contribution in [3.63, 3.8) is 0 Å². The fourth-order valence-corrected chi connectivity index (χ4v) is 3.44. The molecule has 3 aromatic heterocycles. The number of non-ortho nitro benzene ring substituents is 1. The molecule has 10 nitrogen and oxygen atoms in total. The highest BCUT2D eigenvalue weighted by Gasteiger charge is 2.16. The van der Waals surface area contributed by atoms with E-state index in [9.17, 15) is 10.1 Å². The van der Waals surface area contributed by atoms with Gasteiger partial charge in [0.2, 0.25) is 0 Å². The minimum atomic E-state index is -0.417. The second kappa shape index (κ2) is 7.32. The summed E-state index contributed by atoms with van der Waals surface area (Å²) in [5.74, 6) is 0.564. The molecule has 150 valence electrons. The lowest BCUT2D eigenvalue weighted by Gasteiger charge is -2.06. The smallest absolute Gasteiger partial charge is 0.270 e. The van der Waals surface area contributed by atoms with Gasteiger partial charge in [0, 0.05) is 48.7 Å². The molecule has 0 aliphatic heterocycles. The molecule has 0 aliphatic carbocycles. The molecule has 0 unspecified atom stereocenters. The third-order valence-electron chi connectivity index (χ3n) is 4.94. The summed E-state index contributed by atoms with van der Waals surface area (Å²) in [5.41, 5.74) is 3.95. The molecule has 0 atom stereocenters. The molecule has 3 N–H and O–H groups in total. The predicted molar refractivity (Wildman–Crippen MR) is 113 cm³/mol. The van der Waals surface area contributed by atoms with Gasteiger partial charge in [-0.2, -0.15) is 5.10 Å². The van der Waals surface area contributed by atoms with Crippen molar-refractivity contribution in [3.8, 4) is 11.5 Å². The maximum absolute atomic E-state index is 11.1. The first-order chi connectivity index (χ1) is 14.7. The number of aromatic nitrogens is 6. The van der Waals surface area contributed by atoms with Crippen LogP contribution in [0.3, 0.4) is 0 Å². The van der Waals surface area contributed by atoms with E-state index in [4.69, 9.17) is 0 Å². The van der Waals surface area contributed by atoms with Gasteiger partial charge >= 0.3 is 0 Å². The van der Waals surface area contributed by atoms with E-state index in [0.29, 0.717) is 16.9 Å². The Labute approximate surface area is 170 Å². The van der Waals surface area contributed by atoms with Crippen LogP contribution >= 0.6 is 0 Å². The fourth-order valence-electron chi connectivity index (χ4n) is 3.44. The van der Waals surface area contributed by atoms with Crippen LogP contribution in [0.4, 0.5) is 11.4 Å². The number of imidazole rings is 2. The van der Waals surface area contributed by atoms with Crippen molar-refractivity contribution in [2.45, 2.75) is 13.0 Å². The SMILES string of the molecule is O=[N+]([O-])c1ccc2[nH]nc(-c3nc4ccc(NCCCn5ccnc5)cc4[nH]3)c2c1. The Kier molecular flexibility index (Phi) is 4.36. The number of nitrogens with zero attached hydrogens (tertiary/aromatic N) is 5. The van der Waals surface area contributed by atoms with Crippen LogP contribution in [-0.2, 0) is 6.54 Å². The molecular weight excluding hydrogens is 384 g/mol. The van der Waals surface area contributed by atoms with E-state index in [1.807, 2.05) is 35.3 Å². The largest absolute Gasteiger partial charge is 0.385 e. The van der Waals surface area contributed by atoms with Gasteiger partial charge in [-0.25, -0.2) is 9.97 Å². The molecule has 0 spiro atoms. The summed E-state index contributed by atoms with van der Waals surface area (Å²) in [6.07, 6.45) is 6.51. The number of nitrogens with one attached hydrogen (secondary N) is 3. The summed E-state index contributed by atoms with van der Waals surface area (Å²) in [7, 11) is 0. The monoisotopic (exact) mass is 402 g/mol. The van der Waals surface area contributed by atoms with Gasteiger partial charge in [-0.05, 0) is 30.7 Å². The number of nitro groups is 1. The molecule has 0 bridgehead atoms. The van der Waals surface area contributed by atoms with Crippen molar-refractivity contribution in [2.24, 2.45) is 0 Å². The molecule has 10 heteroatoms. The highest BCUT2D eigenvalue weighted by Crippen LogP contribution is 2.29. The second-order valence-electron chi connectivity index (χ2n) is 6.96. The number of H-pyrrole nitrogens is 2. The Bertz CT molecular complexity index is 1340. The molecule has 30 heavy (non-hydrogen) atoms. The minimum absolute atomic E-state index is 0.0171. The van der Waals surface area contributed by atoms with Crippen LogP contribution in [0.15, 0.2) is 55.1 Å². The number of benzene rings is 2. The first-order valence-electron chi connectivity index (χ1n) is 9.50. The number of hydrogen-bond donors (Lipinski definition) is 3. The van der Waals surface area contributed by atoms with Crippen LogP contribution in [0, 0.1) is 10.1 Å². The first kappa shape index (κ1) is 17.9. The van der Waals surface area contributed by atoms with Gasteiger partial charge in [-0.3, -0.25) is 15.2 Å². The fraction of sp³-hybridized carbons (Fsp3) is 0.150. The van der Waals surface area contributed by atoms with Crippen molar-refractivity contribution in [3.05, 3.63) is 65.2 Å². The number of nitro benzene ring substituents is 1. The minimum Gasteiger partial charge on any atom is -0.385 e. The van der Waals surface area contributed by atoms with Crippen molar-refractivity contribution in [1.82, 2.24) is 29.7 Å². The van der Waals surface area contributed by atoms with Crippen molar-refractivity contribution in [1.29, 1.82) is 0 Å². The Morgan fingerprint density at radius 3 is 2.93 bits per heavy atom. The van der Waals surface area contributed by atoms with Crippen LogP contribution < -0.4 is 5.32 Å². The third-order valence-corrected chi connectivity index (χ3v) is 4.94. The van der Waals surface area contributed by atoms with Gasteiger partial charge in [0.25, 0.3) is 5.69 Å². The molecule has 0 fully saturated rings. The summed E-state index contributed by atoms with van der Waals surface area (Å²) in [5, 5.41) is 22.4. The highest BCUT2D eigenvalue weighted by atomic mass is 16.6. The summed E-state index contributed by atoms with van der Waals surface area (Å²) in [6.45, 7) is 1.74. The Morgan fingerprint density at radius 2 is 2.10 bits per heavy atom. The van der Waals surface area contributed by atoms with Gasteiger partial charge in [0.05, 0.1) is 27.8 Å². The van der Waals surface area contributed by atoms with Crippen LogP contribution in [-0.4, -0.2) is 41.2 Å². The van der Waals surface area contributed by atoms with Gasteiger partial charge in [-0.15, -0.1) is 0 Å². The maximum Gasteiger partial charge on any atom is 0.270 e. The number of hydrogen-bond acceptors (Lipinski definition) is 6. The summed E-state index contributed by atoms with van der Waals surface area (Å²) >= 11 is 0. The van der Waals surface area contributed by atoms with E-state index in [1.165, 1.54) is 12.1 Å². The van der Waals surface area contributed by atoms with Gasteiger partial charge in [-0.1, -0.05) is 0 Å². The number of aromatic amines is 2. The Morgan fingerprint density at radius 1 is 1.17 bits per heavy atom. The molecule has 0 saturated heterocycles. The van der Waals surface area contributed by atoms with Gasteiger partial charge < -0.3 is 14.9 Å². The van der Waals surface area contributed by atoms with Gasteiger partial charge in [0.1, 0.15) is 5.69 Å². The molecule has 0 amide bonds. The molecule has 3 heterocycles. The van der Waals surface area contributed by atoms with Crippen LogP contribution in [0.25, 0.3) is 33.5 Å². The van der Waals surface area contributed by atoms with E-state index in [1.54, 1.807) is 12.3 Å². The van der Waals surface area contributed by atoms with Crippen LogP contribution in [0.1, 0.15) is 6.42 Å². The van der Waals surface area contributed by atoms with Crippen molar-refractivity contribution in [2.75, 3.05) is 11.9 Å². The lowest BCUT2D eigenvalue weighted by Crippen LogP contribution is -2.05. The second-order valence-corrected chi connectivity index (χ2v) is 6.96. The standard InChI is InChI=1S/C20H18N8O2/c29-28(30)14-3-5-16-15(11-14)19(26-25-16)20-23-17-4-2-13(10-18(17)24-20)22-6-1-8-27-9-7-21-12-27/h2-5,7,9-12,22H,1,6,8H2,(H,23,24)(H,25,26). The maximum atomic E-state index is 11.1. The zero-order valence-electron chi connectivity index (χ0n) is 15.9.